The molecule has 1 saturated heterocycles. The first kappa shape index (κ1) is 16.1. The zero-order valence-electron chi connectivity index (χ0n) is 14.3. The first-order valence-electron chi connectivity index (χ1n) is 8.84. The summed E-state index contributed by atoms with van der Waals surface area (Å²) in [4.78, 5) is 39.3. The van der Waals surface area contributed by atoms with Crippen LogP contribution in [0.3, 0.4) is 0 Å². The summed E-state index contributed by atoms with van der Waals surface area (Å²) in [6.07, 6.45) is 5.91. The molecule has 1 saturated carbocycles. The van der Waals surface area contributed by atoms with Crippen molar-refractivity contribution in [2.75, 3.05) is 4.90 Å². The van der Waals surface area contributed by atoms with Crippen molar-refractivity contribution >= 4 is 23.5 Å². The quantitative estimate of drug-likeness (QED) is 0.482. The van der Waals surface area contributed by atoms with Crippen LogP contribution in [-0.2, 0) is 14.3 Å². The Hall–Kier alpha value is -2.43. The average Bonchev–Trinajstić information content (AvgIpc) is 2.89. The molecule has 25 heavy (non-hydrogen) atoms. The molecule has 1 aromatic rings. The fraction of sp³-hybridized carbons (Fsp3) is 0.450. The number of allylic oxidation sites excluding steroid dienone is 2. The van der Waals surface area contributed by atoms with Crippen molar-refractivity contribution in [3.8, 4) is 0 Å². The average molecular weight is 339 g/mol. The van der Waals surface area contributed by atoms with Crippen LogP contribution < -0.4 is 4.90 Å². The number of hydrogen-bond donors (Lipinski definition) is 0. The molecule has 3 aliphatic carbocycles. The summed E-state index contributed by atoms with van der Waals surface area (Å²) in [5.74, 6) is -0.900. The van der Waals surface area contributed by atoms with Gasteiger partial charge in [0.1, 0.15) is 0 Å². The Bertz CT molecular complexity index is 750. The Morgan fingerprint density at radius 1 is 1.08 bits per heavy atom. The first-order chi connectivity index (χ1) is 12.0. The van der Waals surface area contributed by atoms with Crippen molar-refractivity contribution in [1.82, 2.24) is 0 Å². The molecule has 2 fully saturated rings. The second-order valence-corrected chi connectivity index (χ2v) is 7.36. The minimum absolute atomic E-state index is 0.136. The predicted octanol–water partition coefficient (Wildman–Crippen LogP) is 2.95. The van der Waals surface area contributed by atoms with E-state index in [1.165, 1.54) is 4.90 Å². The van der Waals surface area contributed by atoms with E-state index in [-0.39, 0.29) is 41.6 Å². The molecule has 5 nitrogen and oxygen atoms in total. The largest absolute Gasteiger partial charge is 0.459 e. The summed E-state index contributed by atoms with van der Waals surface area (Å²) in [6.45, 7) is 3.56. The highest BCUT2D eigenvalue weighted by Gasteiger charge is 2.56. The number of hydrogen-bond acceptors (Lipinski definition) is 4. The van der Waals surface area contributed by atoms with Gasteiger partial charge in [0.25, 0.3) is 0 Å². The lowest BCUT2D eigenvalue weighted by Crippen LogP contribution is -2.38. The predicted molar refractivity (Wildman–Crippen MR) is 91.8 cm³/mol. The lowest BCUT2D eigenvalue weighted by molar-refractivity contribution is -0.124. The molecular formula is C20H21NO4. The number of nitrogens with zero attached hydrogens (tertiary/aromatic N) is 1. The molecule has 0 spiro atoms. The Kier molecular flexibility index (Phi) is 3.74. The molecular weight excluding hydrogens is 318 g/mol. The van der Waals surface area contributed by atoms with Crippen molar-refractivity contribution in [3.63, 3.8) is 0 Å². The molecule has 1 heterocycles. The molecule has 5 rings (SSSR count). The summed E-state index contributed by atoms with van der Waals surface area (Å²) in [5.41, 5.74) is 0.810. The van der Waals surface area contributed by atoms with Gasteiger partial charge < -0.3 is 4.74 Å². The monoisotopic (exact) mass is 339 g/mol. The lowest BCUT2D eigenvalue weighted by atomic mass is 9.63. The lowest BCUT2D eigenvalue weighted by Gasteiger charge is -2.38. The number of benzene rings is 1. The smallest absolute Gasteiger partial charge is 0.338 e. The maximum atomic E-state index is 13.0. The van der Waals surface area contributed by atoms with E-state index >= 15 is 0 Å². The Morgan fingerprint density at radius 3 is 2.20 bits per heavy atom. The van der Waals surface area contributed by atoms with Crippen LogP contribution in [0.4, 0.5) is 5.69 Å². The van der Waals surface area contributed by atoms with Gasteiger partial charge in [0.2, 0.25) is 11.8 Å². The van der Waals surface area contributed by atoms with Crippen LogP contribution in [-0.4, -0.2) is 23.9 Å². The van der Waals surface area contributed by atoms with Crippen molar-refractivity contribution < 1.29 is 19.1 Å². The minimum Gasteiger partial charge on any atom is -0.459 e. The van der Waals surface area contributed by atoms with E-state index in [2.05, 4.69) is 12.2 Å². The number of amides is 2. The molecule has 0 N–H and O–H groups in total. The van der Waals surface area contributed by atoms with Gasteiger partial charge in [-0.05, 0) is 56.7 Å². The van der Waals surface area contributed by atoms with E-state index in [1.807, 2.05) is 0 Å². The molecule has 4 aliphatic rings. The molecule has 5 heteroatoms. The van der Waals surface area contributed by atoms with Gasteiger partial charge in [-0.1, -0.05) is 18.2 Å². The van der Waals surface area contributed by atoms with Gasteiger partial charge in [-0.3, -0.25) is 9.59 Å². The zero-order valence-corrected chi connectivity index (χ0v) is 14.3. The SMILES string of the molecule is CC(C)OC(=O)c1cccc(N2C(=O)[C@@H]3[C@@H](C2=O)[C@H]2C=C[C@H]3CC2)c1. The number of esters is 1. The van der Waals surface area contributed by atoms with Crippen LogP contribution in [0.2, 0.25) is 0 Å². The van der Waals surface area contributed by atoms with Gasteiger partial charge in [0.05, 0.1) is 29.2 Å². The highest BCUT2D eigenvalue weighted by Crippen LogP contribution is 2.50. The van der Waals surface area contributed by atoms with E-state index in [1.54, 1.807) is 38.1 Å². The molecule has 0 aromatic heterocycles. The van der Waals surface area contributed by atoms with Crippen molar-refractivity contribution in [2.24, 2.45) is 23.7 Å². The summed E-state index contributed by atoms with van der Waals surface area (Å²) < 4.78 is 5.21. The van der Waals surface area contributed by atoms with E-state index in [0.717, 1.165) is 12.8 Å². The van der Waals surface area contributed by atoms with E-state index in [0.29, 0.717) is 11.3 Å². The molecule has 130 valence electrons. The maximum Gasteiger partial charge on any atom is 0.338 e. The van der Waals surface area contributed by atoms with Crippen molar-refractivity contribution in [2.45, 2.75) is 32.8 Å². The summed E-state index contributed by atoms with van der Waals surface area (Å²) >= 11 is 0. The topological polar surface area (TPSA) is 63.7 Å². The number of ether oxygens (including phenoxy) is 1. The van der Waals surface area contributed by atoms with Crippen LogP contribution in [0.15, 0.2) is 36.4 Å². The minimum atomic E-state index is -0.449. The van der Waals surface area contributed by atoms with E-state index < -0.39 is 5.97 Å². The molecule has 2 bridgehead atoms. The molecule has 4 atom stereocenters. The van der Waals surface area contributed by atoms with Gasteiger partial charge in [-0.25, -0.2) is 9.69 Å². The third kappa shape index (κ3) is 2.49. The first-order valence-corrected chi connectivity index (χ1v) is 8.84. The number of rotatable bonds is 3. The van der Waals surface area contributed by atoms with Crippen LogP contribution in [0.5, 0.6) is 0 Å². The number of imide groups is 1. The third-order valence-corrected chi connectivity index (χ3v) is 5.44. The molecule has 1 aliphatic heterocycles. The van der Waals surface area contributed by atoms with E-state index in [9.17, 15) is 14.4 Å². The van der Waals surface area contributed by atoms with Crippen molar-refractivity contribution in [3.05, 3.63) is 42.0 Å². The van der Waals surface area contributed by atoms with Crippen molar-refractivity contribution in [1.29, 1.82) is 0 Å². The normalized spacial score (nSPS) is 30.1. The second kappa shape index (κ2) is 5.83. The zero-order chi connectivity index (χ0) is 17.7. The van der Waals surface area contributed by atoms with Crippen LogP contribution >= 0.6 is 0 Å². The fourth-order valence-electron chi connectivity index (χ4n) is 4.38. The highest BCUT2D eigenvalue weighted by molar-refractivity contribution is 6.22. The van der Waals surface area contributed by atoms with Crippen LogP contribution in [0.1, 0.15) is 37.0 Å². The van der Waals surface area contributed by atoms with Gasteiger partial charge in [0.15, 0.2) is 0 Å². The van der Waals surface area contributed by atoms with Crippen LogP contribution in [0, 0.1) is 23.7 Å². The Balaban J connectivity index is 1.66. The summed E-state index contributed by atoms with van der Waals surface area (Å²) in [6, 6.07) is 6.60. The van der Waals surface area contributed by atoms with Gasteiger partial charge >= 0.3 is 5.97 Å². The third-order valence-electron chi connectivity index (χ3n) is 5.44. The standard InChI is InChI=1S/C20H21NO4/c1-11(2)25-20(24)14-4-3-5-15(10-14)21-18(22)16-12-6-7-13(9-8-12)17(16)19(21)23/h3-7,10-13,16-17H,8-9H2,1-2H3/t12-,13-,16-,17-/m0/s1. The van der Waals surface area contributed by atoms with Gasteiger partial charge in [-0.15, -0.1) is 0 Å². The number of anilines is 1. The maximum absolute atomic E-state index is 13.0. The van der Waals surface area contributed by atoms with Crippen LogP contribution in [0.25, 0.3) is 0 Å². The molecule has 0 unspecified atom stereocenters. The Morgan fingerprint density at radius 2 is 1.68 bits per heavy atom. The molecule has 1 aromatic carbocycles. The molecule has 2 amide bonds. The number of carbonyl (C=O) groups is 3. The van der Waals surface area contributed by atoms with E-state index in [4.69, 9.17) is 4.74 Å². The highest BCUT2D eigenvalue weighted by atomic mass is 16.5. The summed E-state index contributed by atoms with van der Waals surface area (Å²) in [7, 11) is 0. The fourth-order valence-corrected chi connectivity index (χ4v) is 4.38. The van der Waals surface area contributed by atoms with Gasteiger partial charge in [0, 0.05) is 0 Å². The summed E-state index contributed by atoms with van der Waals surface area (Å²) in [5, 5.41) is 0. The second-order valence-electron chi connectivity index (χ2n) is 7.36. The number of fused-ring (bicyclic) bond motifs is 1. The van der Waals surface area contributed by atoms with Gasteiger partial charge in [-0.2, -0.15) is 0 Å². The number of carbonyl (C=O) groups excluding carboxylic acids is 3. The molecule has 0 radical (unpaired) electrons. The Labute approximate surface area is 146 Å².